The topological polar surface area (TPSA) is 38.7 Å². The maximum atomic E-state index is 9.04. The molecule has 1 unspecified atom stereocenters. The van der Waals surface area contributed by atoms with E-state index in [1.807, 2.05) is 0 Å². The smallest absolute Gasteiger partial charge is 0.168 e. The highest BCUT2D eigenvalue weighted by molar-refractivity contribution is 4.84. The van der Waals surface area contributed by atoms with Crippen molar-refractivity contribution in [2.24, 2.45) is 5.92 Å². The molecule has 1 spiro atoms. The lowest BCUT2D eigenvalue weighted by molar-refractivity contribution is -0.193. The van der Waals surface area contributed by atoms with E-state index in [2.05, 4.69) is 6.92 Å². The Morgan fingerprint density at radius 2 is 2.07 bits per heavy atom. The second kappa shape index (κ2) is 4.17. The van der Waals surface area contributed by atoms with Crippen molar-refractivity contribution in [1.29, 1.82) is 0 Å². The Kier molecular flexibility index (Phi) is 3.10. The highest BCUT2D eigenvalue weighted by Gasteiger charge is 2.43. The normalized spacial score (nSPS) is 43.3. The monoisotopic (exact) mass is 200 g/mol. The predicted octanol–water partition coefficient (Wildman–Crippen LogP) is 1.69. The molecule has 0 aromatic carbocycles. The van der Waals surface area contributed by atoms with E-state index in [0.717, 1.165) is 38.7 Å². The van der Waals surface area contributed by atoms with Crippen LogP contribution >= 0.6 is 0 Å². The van der Waals surface area contributed by atoms with E-state index in [9.17, 15) is 0 Å². The summed E-state index contributed by atoms with van der Waals surface area (Å²) in [6.07, 6.45) is 5.30. The average molecular weight is 200 g/mol. The van der Waals surface area contributed by atoms with Gasteiger partial charge in [-0.1, -0.05) is 6.92 Å². The summed E-state index contributed by atoms with van der Waals surface area (Å²) in [5.74, 6) is 0.181. The van der Waals surface area contributed by atoms with Gasteiger partial charge < -0.3 is 14.6 Å². The third-order valence-corrected chi connectivity index (χ3v) is 3.49. The summed E-state index contributed by atoms with van der Waals surface area (Å²) in [7, 11) is 0. The molecule has 1 saturated carbocycles. The van der Waals surface area contributed by atoms with Gasteiger partial charge in [0.2, 0.25) is 0 Å². The standard InChI is InChI=1S/C11H20O3/c1-2-10-8-13-11(14-10)5-3-9(7-12)4-6-11/h9-10,12H,2-8H2,1H3. The molecule has 2 fully saturated rings. The van der Waals surface area contributed by atoms with Crippen molar-refractivity contribution in [1.82, 2.24) is 0 Å². The van der Waals surface area contributed by atoms with Crippen LogP contribution in [-0.4, -0.2) is 30.2 Å². The summed E-state index contributed by atoms with van der Waals surface area (Å²) in [6.45, 7) is 3.19. The summed E-state index contributed by atoms with van der Waals surface area (Å²) in [5, 5.41) is 9.04. The number of hydrogen-bond acceptors (Lipinski definition) is 3. The molecule has 1 N–H and O–H groups in total. The Balaban J connectivity index is 1.87. The van der Waals surface area contributed by atoms with Gasteiger partial charge in [0.25, 0.3) is 0 Å². The molecule has 82 valence electrons. The van der Waals surface area contributed by atoms with Crippen LogP contribution in [0.15, 0.2) is 0 Å². The Morgan fingerprint density at radius 3 is 2.57 bits per heavy atom. The third-order valence-electron chi connectivity index (χ3n) is 3.49. The Labute approximate surface area is 85.4 Å². The first-order chi connectivity index (χ1) is 6.78. The van der Waals surface area contributed by atoms with Crippen LogP contribution in [-0.2, 0) is 9.47 Å². The highest BCUT2D eigenvalue weighted by atomic mass is 16.7. The van der Waals surface area contributed by atoms with Crippen LogP contribution in [0.3, 0.4) is 0 Å². The molecule has 0 radical (unpaired) electrons. The molecule has 0 bridgehead atoms. The van der Waals surface area contributed by atoms with Crippen molar-refractivity contribution < 1.29 is 14.6 Å². The van der Waals surface area contributed by atoms with E-state index in [1.54, 1.807) is 0 Å². The predicted molar refractivity (Wildman–Crippen MR) is 52.9 cm³/mol. The summed E-state index contributed by atoms with van der Waals surface area (Å²) in [4.78, 5) is 0. The number of aliphatic hydroxyl groups excluding tert-OH is 1. The minimum absolute atomic E-state index is 0.285. The lowest BCUT2D eigenvalue weighted by atomic mass is 9.85. The molecule has 0 aromatic heterocycles. The molecule has 1 aliphatic carbocycles. The number of hydrogen-bond donors (Lipinski definition) is 1. The maximum absolute atomic E-state index is 9.04. The van der Waals surface area contributed by atoms with Crippen LogP contribution in [0.2, 0.25) is 0 Å². The van der Waals surface area contributed by atoms with Gasteiger partial charge in [0.1, 0.15) is 0 Å². The molecule has 2 aliphatic rings. The Hall–Kier alpha value is -0.120. The van der Waals surface area contributed by atoms with E-state index >= 15 is 0 Å². The maximum Gasteiger partial charge on any atom is 0.168 e. The first-order valence-electron chi connectivity index (χ1n) is 5.70. The van der Waals surface area contributed by atoms with Crippen LogP contribution in [0.25, 0.3) is 0 Å². The zero-order chi connectivity index (χ0) is 10.0. The largest absolute Gasteiger partial charge is 0.396 e. The zero-order valence-electron chi connectivity index (χ0n) is 8.87. The van der Waals surface area contributed by atoms with E-state index in [4.69, 9.17) is 14.6 Å². The van der Waals surface area contributed by atoms with Crippen molar-refractivity contribution in [3.8, 4) is 0 Å². The minimum atomic E-state index is -0.285. The van der Waals surface area contributed by atoms with Gasteiger partial charge in [-0.05, 0) is 25.2 Å². The molecule has 1 aliphatic heterocycles. The van der Waals surface area contributed by atoms with Gasteiger partial charge in [-0.2, -0.15) is 0 Å². The van der Waals surface area contributed by atoms with Crippen LogP contribution in [0, 0.1) is 5.92 Å². The first kappa shape index (κ1) is 10.4. The number of rotatable bonds is 2. The van der Waals surface area contributed by atoms with E-state index in [-0.39, 0.29) is 5.79 Å². The van der Waals surface area contributed by atoms with Crippen molar-refractivity contribution in [3.63, 3.8) is 0 Å². The van der Waals surface area contributed by atoms with Gasteiger partial charge in [0.15, 0.2) is 5.79 Å². The van der Waals surface area contributed by atoms with Gasteiger partial charge in [-0.3, -0.25) is 0 Å². The second-order valence-corrected chi connectivity index (χ2v) is 4.50. The molecular formula is C11H20O3. The van der Waals surface area contributed by atoms with Crippen molar-refractivity contribution in [3.05, 3.63) is 0 Å². The Bertz CT molecular complexity index is 185. The molecule has 3 heteroatoms. The number of ether oxygens (including phenoxy) is 2. The summed E-state index contributed by atoms with van der Waals surface area (Å²) in [5.41, 5.74) is 0. The lowest BCUT2D eigenvalue weighted by Gasteiger charge is -2.35. The van der Waals surface area contributed by atoms with Crippen molar-refractivity contribution in [2.75, 3.05) is 13.2 Å². The summed E-state index contributed by atoms with van der Waals surface area (Å²) >= 11 is 0. The van der Waals surface area contributed by atoms with Crippen molar-refractivity contribution >= 4 is 0 Å². The van der Waals surface area contributed by atoms with Crippen LogP contribution in [0.5, 0.6) is 0 Å². The average Bonchev–Trinajstić information content (AvgIpc) is 2.63. The third kappa shape index (κ3) is 1.95. The zero-order valence-corrected chi connectivity index (χ0v) is 8.87. The molecular weight excluding hydrogens is 180 g/mol. The molecule has 1 atom stereocenters. The highest BCUT2D eigenvalue weighted by Crippen LogP contribution is 2.40. The Morgan fingerprint density at radius 1 is 1.36 bits per heavy atom. The fraction of sp³-hybridized carbons (Fsp3) is 1.00. The van der Waals surface area contributed by atoms with E-state index in [1.165, 1.54) is 0 Å². The van der Waals surface area contributed by atoms with Gasteiger partial charge >= 0.3 is 0 Å². The molecule has 0 amide bonds. The van der Waals surface area contributed by atoms with Crippen LogP contribution in [0.4, 0.5) is 0 Å². The fourth-order valence-corrected chi connectivity index (χ4v) is 2.38. The van der Waals surface area contributed by atoms with Gasteiger partial charge in [0.05, 0.1) is 12.7 Å². The van der Waals surface area contributed by atoms with Gasteiger partial charge in [0, 0.05) is 19.4 Å². The molecule has 14 heavy (non-hydrogen) atoms. The number of aliphatic hydroxyl groups is 1. The molecule has 3 nitrogen and oxygen atoms in total. The van der Waals surface area contributed by atoms with Crippen LogP contribution in [0.1, 0.15) is 39.0 Å². The fourth-order valence-electron chi connectivity index (χ4n) is 2.38. The molecule has 0 aromatic rings. The first-order valence-corrected chi connectivity index (χ1v) is 5.70. The van der Waals surface area contributed by atoms with Gasteiger partial charge in [-0.25, -0.2) is 0 Å². The minimum Gasteiger partial charge on any atom is -0.396 e. The SMILES string of the molecule is CCC1COC2(CCC(CO)CC2)O1. The molecule has 1 saturated heterocycles. The van der Waals surface area contributed by atoms with Gasteiger partial charge in [-0.15, -0.1) is 0 Å². The molecule has 2 rings (SSSR count). The summed E-state index contributed by atoms with van der Waals surface area (Å²) in [6, 6.07) is 0. The summed E-state index contributed by atoms with van der Waals surface area (Å²) < 4.78 is 11.7. The van der Waals surface area contributed by atoms with Crippen molar-refractivity contribution in [2.45, 2.75) is 50.9 Å². The quantitative estimate of drug-likeness (QED) is 0.737. The van der Waals surface area contributed by atoms with E-state index in [0.29, 0.717) is 18.6 Å². The lowest BCUT2D eigenvalue weighted by Crippen LogP contribution is -2.36. The van der Waals surface area contributed by atoms with Crippen LogP contribution < -0.4 is 0 Å². The molecule has 1 heterocycles. The van der Waals surface area contributed by atoms with E-state index < -0.39 is 0 Å². The second-order valence-electron chi connectivity index (χ2n) is 4.50.